The quantitative estimate of drug-likeness (QED) is 0.498. The van der Waals surface area contributed by atoms with E-state index in [1.165, 1.54) is 33.7 Å². The molecule has 7 nitrogen and oxygen atoms in total. The molecule has 1 saturated heterocycles. The summed E-state index contributed by atoms with van der Waals surface area (Å²) < 4.78 is 1.17. The molecule has 0 spiro atoms. The lowest BCUT2D eigenvalue weighted by Crippen LogP contribution is -2.43. The van der Waals surface area contributed by atoms with Crippen molar-refractivity contribution in [2.24, 2.45) is 5.92 Å². The van der Waals surface area contributed by atoms with Gasteiger partial charge in [-0.15, -0.1) is 22.7 Å². The third-order valence-electron chi connectivity index (χ3n) is 5.70. The van der Waals surface area contributed by atoms with Crippen LogP contribution in [0, 0.1) is 5.92 Å². The molecular weight excluding hydrogens is 444 g/mol. The Kier molecular flexibility index (Phi) is 5.59. The minimum atomic E-state index is -0.297. The fourth-order valence-corrected chi connectivity index (χ4v) is 5.55. The summed E-state index contributed by atoms with van der Waals surface area (Å²) in [6.07, 6.45) is 2.48. The number of thiophene rings is 2. The summed E-state index contributed by atoms with van der Waals surface area (Å²) in [5.41, 5.74) is 4.17. The van der Waals surface area contributed by atoms with Crippen LogP contribution in [-0.4, -0.2) is 39.5 Å². The number of amides is 2. The van der Waals surface area contributed by atoms with Crippen LogP contribution in [0.25, 0.3) is 21.3 Å². The maximum absolute atomic E-state index is 13.1. The van der Waals surface area contributed by atoms with E-state index in [4.69, 9.17) is 0 Å². The number of fused-ring (bicyclic) bond motifs is 1. The normalized spacial score (nSPS) is 14.6. The van der Waals surface area contributed by atoms with Gasteiger partial charge in [0.05, 0.1) is 10.3 Å². The highest BCUT2D eigenvalue weighted by Crippen LogP contribution is 2.30. The molecule has 0 unspecified atom stereocenters. The Morgan fingerprint density at radius 3 is 2.53 bits per heavy atom. The summed E-state index contributed by atoms with van der Waals surface area (Å²) in [4.78, 5) is 46.0. The maximum Gasteiger partial charge on any atom is 0.281 e. The largest absolute Gasteiger partial charge is 0.338 e. The third-order valence-corrected chi connectivity index (χ3v) is 7.44. The molecule has 0 bridgehead atoms. The van der Waals surface area contributed by atoms with Crippen molar-refractivity contribution in [3.8, 4) is 11.1 Å². The first-order chi connectivity index (χ1) is 15.6. The van der Waals surface area contributed by atoms with Crippen molar-refractivity contribution in [2.45, 2.75) is 12.8 Å². The lowest BCUT2D eigenvalue weighted by atomic mass is 9.96. The number of hydrogen-bond acceptors (Lipinski definition) is 6. The summed E-state index contributed by atoms with van der Waals surface area (Å²) in [7, 11) is 0. The van der Waals surface area contributed by atoms with Crippen molar-refractivity contribution in [1.29, 1.82) is 0 Å². The average molecular weight is 465 g/mol. The second-order valence-electron chi connectivity index (χ2n) is 7.64. The van der Waals surface area contributed by atoms with Crippen molar-refractivity contribution >= 4 is 44.7 Å². The van der Waals surface area contributed by atoms with Gasteiger partial charge in [-0.05, 0) is 29.9 Å². The first-order valence-corrected chi connectivity index (χ1v) is 12.1. The van der Waals surface area contributed by atoms with Crippen LogP contribution < -0.4 is 11.0 Å². The highest BCUT2D eigenvalue weighted by molar-refractivity contribution is 7.17. The van der Waals surface area contributed by atoms with Gasteiger partial charge in [0.15, 0.2) is 0 Å². The van der Waals surface area contributed by atoms with E-state index in [0.29, 0.717) is 41.0 Å². The lowest BCUT2D eigenvalue weighted by molar-refractivity contribution is -0.122. The zero-order chi connectivity index (χ0) is 22.1. The molecule has 1 aliphatic heterocycles. The van der Waals surface area contributed by atoms with Crippen molar-refractivity contribution in [3.05, 3.63) is 74.8 Å². The van der Waals surface area contributed by atoms with E-state index in [1.54, 1.807) is 4.90 Å². The molecule has 5 rings (SSSR count). The predicted molar refractivity (Wildman–Crippen MR) is 127 cm³/mol. The molecule has 0 atom stereocenters. The van der Waals surface area contributed by atoms with E-state index in [9.17, 15) is 14.4 Å². The second kappa shape index (κ2) is 8.68. The Balaban J connectivity index is 1.31. The summed E-state index contributed by atoms with van der Waals surface area (Å²) in [5.74, 6) is -0.482. The van der Waals surface area contributed by atoms with Gasteiger partial charge in [0, 0.05) is 30.0 Å². The Hall–Kier alpha value is -3.30. The fraction of sp³-hybridized carbons (Fsp3) is 0.217. The molecular formula is C23H20N4O3S2. The van der Waals surface area contributed by atoms with Crippen molar-refractivity contribution in [2.75, 3.05) is 18.5 Å². The van der Waals surface area contributed by atoms with E-state index < -0.39 is 0 Å². The molecule has 1 N–H and O–H groups in total. The number of likely N-dealkylation sites (tertiary alicyclic amines) is 1. The summed E-state index contributed by atoms with van der Waals surface area (Å²) in [6, 6.07) is 13.3. The van der Waals surface area contributed by atoms with Gasteiger partial charge in [-0.1, -0.05) is 36.4 Å². The van der Waals surface area contributed by atoms with Crippen LogP contribution in [0.3, 0.4) is 0 Å². The molecule has 1 aromatic carbocycles. The van der Waals surface area contributed by atoms with Gasteiger partial charge in [0.2, 0.25) is 5.91 Å². The van der Waals surface area contributed by atoms with Gasteiger partial charge in [-0.3, -0.25) is 19.8 Å². The number of nitrogens with zero attached hydrogens (tertiary/aromatic N) is 3. The number of carbonyl (C=O) groups excluding carboxylic acids is 2. The predicted octanol–water partition coefficient (Wildman–Crippen LogP) is 3.81. The molecule has 1 fully saturated rings. The molecule has 4 heterocycles. The van der Waals surface area contributed by atoms with Crippen molar-refractivity contribution in [3.63, 3.8) is 0 Å². The number of carbonyl (C=O) groups is 2. The number of hydrogen-bond donors (Lipinski definition) is 1. The van der Waals surface area contributed by atoms with Crippen LogP contribution in [0.5, 0.6) is 0 Å². The highest BCUT2D eigenvalue weighted by atomic mass is 32.1. The molecule has 1 aliphatic rings. The number of aromatic nitrogens is 2. The Bertz CT molecular complexity index is 1320. The summed E-state index contributed by atoms with van der Waals surface area (Å²) >= 11 is 2.83. The fourth-order valence-electron chi connectivity index (χ4n) is 3.95. The highest BCUT2D eigenvalue weighted by Gasteiger charge is 2.28. The minimum absolute atomic E-state index is 0.00984. The van der Waals surface area contributed by atoms with E-state index in [1.807, 2.05) is 53.2 Å². The van der Waals surface area contributed by atoms with Gasteiger partial charge in [0.1, 0.15) is 11.2 Å². The molecule has 162 valence electrons. The van der Waals surface area contributed by atoms with Gasteiger partial charge >= 0.3 is 0 Å². The number of benzene rings is 1. The smallest absolute Gasteiger partial charge is 0.281 e. The molecule has 0 radical (unpaired) electrons. The second-order valence-corrected chi connectivity index (χ2v) is 9.44. The van der Waals surface area contributed by atoms with E-state index in [2.05, 4.69) is 10.4 Å². The molecule has 0 saturated carbocycles. The van der Waals surface area contributed by atoms with Gasteiger partial charge in [-0.25, -0.2) is 9.66 Å². The van der Waals surface area contributed by atoms with E-state index in [-0.39, 0.29) is 23.3 Å². The molecule has 2 amide bonds. The number of rotatable bonds is 4. The summed E-state index contributed by atoms with van der Waals surface area (Å²) in [5, 5.41) is 4.30. The van der Waals surface area contributed by atoms with Crippen LogP contribution in [-0.2, 0) is 4.79 Å². The molecule has 32 heavy (non-hydrogen) atoms. The zero-order valence-electron chi connectivity index (χ0n) is 17.1. The third kappa shape index (κ3) is 3.85. The SMILES string of the molecule is O=C(Nn1cnc2scc(-c3ccccc3)c2c1=O)C1CCN(C(=O)c2cccs2)CC1. The van der Waals surface area contributed by atoms with Crippen LogP contribution in [0.2, 0.25) is 0 Å². The lowest BCUT2D eigenvalue weighted by Gasteiger charge is -2.31. The van der Waals surface area contributed by atoms with Gasteiger partial charge in [-0.2, -0.15) is 0 Å². The molecule has 3 aromatic heterocycles. The van der Waals surface area contributed by atoms with E-state index >= 15 is 0 Å². The van der Waals surface area contributed by atoms with Gasteiger partial charge < -0.3 is 4.90 Å². The topological polar surface area (TPSA) is 84.3 Å². The number of piperidine rings is 1. The maximum atomic E-state index is 13.1. The zero-order valence-corrected chi connectivity index (χ0v) is 18.7. The van der Waals surface area contributed by atoms with Crippen LogP contribution in [0.15, 0.2) is 64.3 Å². The van der Waals surface area contributed by atoms with Crippen molar-refractivity contribution < 1.29 is 9.59 Å². The van der Waals surface area contributed by atoms with Crippen LogP contribution >= 0.6 is 22.7 Å². The monoisotopic (exact) mass is 464 g/mol. The molecule has 4 aromatic rings. The minimum Gasteiger partial charge on any atom is -0.338 e. The number of nitrogens with one attached hydrogen (secondary N) is 1. The molecule has 0 aliphatic carbocycles. The molecule has 9 heteroatoms. The average Bonchev–Trinajstić information content (AvgIpc) is 3.52. The Labute approximate surface area is 191 Å². The Morgan fingerprint density at radius 2 is 1.81 bits per heavy atom. The Morgan fingerprint density at radius 1 is 1.03 bits per heavy atom. The summed E-state index contributed by atoms with van der Waals surface area (Å²) in [6.45, 7) is 1.04. The standard InChI is InChI=1S/C23H20N4O3S2/c28-20(16-8-10-26(11-9-16)22(29)18-7-4-12-31-18)25-27-14-24-21-19(23(27)30)17(13-32-21)15-5-2-1-3-6-15/h1-7,12-14,16H,8-11H2,(H,25,28). The van der Waals surface area contributed by atoms with Crippen LogP contribution in [0.1, 0.15) is 22.5 Å². The first kappa shape index (κ1) is 20.6. The first-order valence-electron chi connectivity index (χ1n) is 10.3. The van der Waals surface area contributed by atoms with Crippen LogP contribution in [0.4, 0.5) is 0 Å². The van der Waals surface area contributed by atoms with Crippen molar-refractivity contribution in [1.82, 2.24) is 14.6 Å². The van der Waals surface area contributed by atoms with Gasteiger partial charge in [0.25, 0.3) is 11.5 Å². The van der Waals surface area contributed by atoms with E-state index in [0.717, 1.165) is 11.1 Å².